The molecule has 0 aliphatic carbocycles. The smallest absolute Gasteiger partial charge is 0.226 e. The molecule has 4 nitrogen and oxygen atoms in total. The van der Waals surface area contributed by atoms with Crippen molar-refractivity contribution in [1.29, 1.82) is 0 Å². The zero-order valence-corrected chi connectivity index (χ0v) is 13.3. The zero-order chi connectivity index (χ0) is 15.2. The standard InChI is InChI=1S/C17H26N2O2/c1-4-19(5-2)17(20)12-14-6-8-15(9-7-14)18-16-10-11-21-13(16)3/h6-9,13,16,18H,4-5,10-12H2,1-3H3/t13-,16-/m0/s1. The van der Waals surface area contributed by atoms with Gasteiger partial charge in [-0.25, -0.2) is 0 Å². The number of carbonyl (C=O) groups is 1. The average molecular weight is 290 g/mol. The lowest BCUT2D eigenvalue weighted by molar-refractivity contribution is -0.130. The fraction of sp³-hybridized carbons (Fsp3) is 0.588. The van der Waals surface area contributed by atoms with E-state index in [0.717, 1.165) is 37.4 Å². The Hall–Kier alpha value is -1.55. The van der Waals surface area contributed by atoms with Gasteiger partial charge in [-0.05, 0) is 44.9 Å². The maximum Gasteiger partial charge on any atom is 0.226 e. The van der Waals surface area contributed by atoms with Crippen molar-refractivity contribution in [2.45, 2.75) is 45.8 Å². The van der Waals surface area contributed by atoms with Crippen molar-refractivity contribution in [2.75, 3.05) is 25.0 Å². The number of anilines is 1. The van der Waals surface area contributed by atoms with Crippen LogP contribution < -0.4 is 5.32 Å². The van der Waals surface area contributed by atoms with E-state index in [1.54, 1.807) is 0 Å². The maximum absolute atomic E-state index is 12.1. The van der Waals surface area contributed by atoms with Crippen LogP contribution in [0.2, 0.25) is 0 Å². The van der Waals surface area contributed by atoms with E-state index in [2.05, 4.69) is 24.4 Å². The largest absolute Gasteiger partial charge is 0.380 e. The Kier molecular flexibility index (Phi) is 5.62. The van der Waals surface area contributed by atoms with Crippen LogP contribution >= 0.6 is 0 Å². The molecule has 4 heteroatoms. The van der Waals surface area contributed by atoms with E-state index >= 15 is 0 Å². The molecule has 2 rings (SSSR count). The number of nitrogens with one attached hydrogen (secondary N) is 1. The molecule has 1 aliphatic heterocycles. The summed E-state index contributed by atoms with van der Waals surface area (Å²) in [5.41, 5.74) is 2.16. The number of likely N-dealkylation sites (N-methyl/N-ethyl adjacent to an activating group) is 1. The van der Waals surface area contributed by atoms with Crippen molar-refractivity contribution in [3.63, 3.8) is 0 Å². The topological polar surface area (TPSA) is 41.6 Å². The van der Waals surface area contributed by atoms with Crippen molar-refractivity contribution >= 4 is 11.6 Å². The van der Waals surface area contributed by atoms with Crippen LogP contribution in [0.3, 0.4) is 0 Å². The van der Waals surface area contributed by atoms with Crippen molar-refractivity contribution in [3.8, 4) is 0 Å². The van der Waals surface area contributed by atoms with E-state index in [1.165, 1.54) is 0 Å². The third-order valence-electron chi connectivity index (χ3n) is 4.15. The third-order valence-corrected chi connectivity index (χ3v) is 4.15. The molecular formula is C17H26N2O2. The highest BCUT2D eigenvalue weighted by Crippen LogP contribution is 2.19. The molecule has 1 aliphatic rings. The fourth-order valence-corrected chi connectivity index (χ4v) is 2.72. The van der Waals surface area contributed by atoms with Crippen LogP contribution in [-0.2, 0) is 16.0 Å². The predicted octanol–water partition coefficient (Wildman–Crippen LogP) is 2.69. The Labute approximate surface area is 127 Å². The van der Waals surface area contributed by atoms with Gasteiger partial charge in [-0.1, -0.05) is 12.1 Å². The summed E-state index contributed by atoms with van der Waals surface area (Å²) in [4.78, 5) is 13.9. The number of nitrogens with zero attached hydrogens (tertiary/aromatic N) is 1. The summed E-state index contributed by atoms with van der Waals surface area (Å²) in [5.74, 6) is 0.193. The summed E-state index contributed by atoms with van der Waals surface area (Å²) in [6.45, 7) is 8.50. The van der Waals surface area contributed by atoms with E-state index in [0.29, 0.717) is 12.5 Å². The van der Waals surface area contributed by atoms with Crippen LogP contribution in [0.25, 0.3) is 0 Å². The summed E-state index contributed by atoms with van der Waals surface area (Å²) >= 11 is 0. The number of ether oxygens (including phenoxy) is 1. The molecular weight excluding hydrogens is 264 g/mol. The Morgan fingerprint density at radius 2 is 1.95 bits per heavy atom. The maximum atomic E-state index is 12.1. The van der Waals surface area contributed by atoms with Gasteiger partial charge in [0.05, 0.1) is 18.6 Å². The highest BCUT2D eigenvalue weighted by molar-refractivity contribution is 5.78. The van der Waals surface area contributed by atoms with E-state index in [1.807, 2.05) is 30.9 Å². The number of hydrogen-bond donors (Lipinski definition) is 1. The van der Waals surface area contributed by atoms with Crippen molar-refractivity contribution in [1.82, 2.24) is 4.90 Å². The second-order valence-electron chi connectivity index (χ2n) is 5.56. The molecule has 0 bridgehead atoms. The molecule has 0 spiro atoms. The fourth-order valence-electron chi connectivity index (χ4n) is 2.72. The zero-order valence-electron chi connectivity index (χ0n) is 13.3. The second-order valence-corrected chi connectivity index (χ2v) is 5.56. The highest BCUT2D eigenvalue weighted by Gasteiger charge is 2.23. The lowest BCUT2D eigenvalue weighted by Gasteiger charge is -2.19. The molecule has 0 saturated carbocycles. The molecule has 0 aromatic heterocycles. The molecule has 21 heavy (non-hydrogen) atoms. The summed E-state index contributed by atoms with van der Waals surface area (Å²) in [6, 6.07) is 8.55. The Balaban J connectivity index is 1.91. The van der Waals surface area contributed by atoms with Gasteiger partial charge in [-0.15, -0.1) is 0 Å². The van der Waals surface area contributed by atoms with E-state index < -0.39 is 0 Å². The van der Waals surface area contributed by atoms with Crippen LogP contribution in [0.5, 0.6) is 0 Å². The van der Waals surface area contributed by atoms with E-state index in [-0.39, 0.29) is 12.0 Å². The first-order valence-corrected chi connectivity index (χ1v) is 7.88. The third kappa shape index (κ3) is 4.21. The van der Waals surface area contributed by atoms with Gasteiger partial charge in [-0.3, -0.25) is 4.79 Å². The molecule has 1 amide bonds. The molecule has 1 aromatic carbocycles. The first-order valence-electron chi connectivity index (χ1n) is 7.88. The molecule has 0 unspecified atom stereocenters. The van der Waals surface area contributed by atoms with Gasteiger partial charge in [0.1, 0.15) is 0 Å². The van der Waals surface area contributed by atoms with Crippen LogP contribution in [0.1, 0.15) is 32.8 Å². The van der Waals surface area contributed by atoms with Crippen molar-refractivity contribution < 1.29 is 9.53 Å². The minimum Gasteiger partial charge on any atom is -0.380 e. The average Bonchev–Trinajstić information content (AvgIpc) is 2.88. The number of benzene rings is 1. The first kappa shape index (κ1) is 15.8. The lowest BCUT2D eigenvalue weighted by atomic mass is 10.1. The predicted molar refractivity (Wildman–Crippen MR) is 85.5 cm³/mol. The quantitative estimate of drug-likeness (QED) is 0.876. The molecule has 1 aromatic rings. The lowest BCUT2D eigenvalue weighted by Crippen LogP contribution is -2.31. The molecule has 0 radical (unpaired) electrons. The second kappa shape index (κ2) is 7.46. The van der Waals surface area contributed by atoms with Gasteiger partial charge in [-0.2, -0.15) is 0 Å². The molecule has 1 fully saturated rings. The van der Waals surface area contributed by atoms with Gasteiger partial charge in [0, 0.05) is 25.4 Å². The van der Waals surface area contributed by atoms with Gasteiger partial charge in [0.25, 0.3) is 0 Å². The molecule has 1 heterocycles. The molecule has 1 saturated heterocycles. The summed E-state index contributed by atoms with van der Waals surface area (Å²) in [6.07, 6.45) is 1.78. The summed E-state index contributed by atoms with van der Waals surface area (Å²) < 4.78 is 5.55. The van der Waals surface area contributed by atoms with E-state index in [4.69, 9.17) is 4.74 Å². The Bertz CT molecular complexity index is 454. The number of carbonyl (C=O) groups excluding carboxylic acids is 1. The van der Waals surface area contributed by atoms with E-state index in [9.17, 15) is 4.79 Å². The SMILES string of the molecule is CCN(CC)C(=O)Cc1ccc(N[C@H]2CCO[C@H]2C)cc1. The van der Waals surface area contributed by atoms with Crippen LogP contribution in [-0.4, -0.2) is 42.6 Å². The minimum atomic E-state index is 0.193. The first-order chi connectivity index (χ1) is 10.1. The minimum absolute atomic E-state index is 0.193. The van der Waals surface area contributed by atoms with Crippen molar-refractivity contribution in [2.24, 2.45) is 0 Å². The van der Waals surface area contributed by atoms with Crippen molar-refractivity contribution in [3.05, 3.63) is 29.8 Å². The number of hydrogen-bond acceptors (Lipinski definition) is 3. The monoisotopic (exact) mass is 290 g/mol. The Morgan fingerprint density at radius 3 is 2.48 bits per heavy atom. The molecule has 2 atom stereocenters. The molecule has 116 valence electrons. The normalized spacial score (nSPS) is 21.3. The number of rotatable bonds is 6. The number of amides is 1. The van der Waals surface area contributed by atoms with Crippen LogP contribution in [0.15, 0.2) is 24.3 Å². The van der Waals surface area contributed by atoms with Gasteiger partial charge in [0.2, 0.25) is 5.91 Å². The van der Waals surface area contributed by atoms with Crippen LogP contribution in [0, 0.1) is 0 Å². The summed E-state index contributed by atoms with van der Waals surface area (Å²) in [7, 11) is 0. The van der Waals surface area contributed by atoms with Gasteiger partial charge >= 0.3 is 0 Å². The summed E-state index contributed by atoms with van der Waals surface area (Å²) in [5, 5.41) is 3.50. The van der Waals surface area contributed by atoms with Crippen LogP contribution in [0.4, 0.5) is 5.69 Å². The Morgan fingerprint density at radius 1 is 1.29 bits per heavy atom. The van der Waals surface area contributed by atoms with Gasteiger partial charge in [0.15, 0.2) is 0 Å². The van der Waals surface area contributed by atoms with Gasteiger partial charge < -0.3 is 15.0 Å². The highest BCUT2D eigenvalue weighted by atomic mass is 16.5. The molecule has 1 N–H and O–H groups in total.